The summed E-state index contributed by atoms with van der Waals surface area (Å²) in [5, 5.41) is 3.21. The maximum Gasteiger partial charge on any atom is 0.244 e. The van der Waals surface area contributed by atoms with Crippen LogP contribution in [0.25, 0.3) is 0 Å². The van der Waals surface area contributed by atoms with Crippen molar-refractivity contribution in [1.82, 2.24) is 10.2 Å². The summed E-state index contributed by atoms with van der Waals surface area (Å²) in [6, 6.07) is 9.62. The summed E-state index contributed by atoms with van der Waals surface area (Å²) in [7, 11) is 0. The molecule has 5 heteroatoms. The lowest BCUT2D eigenvalue weighted by Gasteiger charge is -2.51. The van der Waals surface area contributed by atoms with Gasteiger partial charge >= 0.3 is 0 Å². The number of hydrogen-bond donors (Lipinski definition) is 2. The van der Waals surface area contributed by atoms with Gasteiger partial charge in [0, 0.05) is 25.2 Å². The van der Waals surface area contributed by atoms with E-state index < -0.39 is 5.54 Å². The van der Waals surface area contributed by atoms with Crippen LogP contribution in [0, 0.1) is 0 Å². The summed E-state index contributed by atoms with van der Waals surface area (Å²) in [6.45, 7) is 9.34. The molecule has 1 saturated carbocycles. The van der Waals surface area contributed by atoms with Gasteiger partial charge in [0.15, 0.2) is 0 Å². The van der Waals surface area contributed by atoms with Crippen LogP contribution in [0.15, 0.2) is 30.3 Å². The molecule has 1 atom stereocenters. The first kappa shape index (κ1) is 20.3. The summed E-state index contributed by atoms with van der Waals surface area (Å²) in [5.41, 5.74) is 6.11. The summed E-state index contributed by atoms with van der Waals surface area (Å²) in [5.74, 6) is -0.105. The van der Waals surface area contributed by atoms with Crippen LogP contribution in [0.5, 0.6) is 0 Å². The van der Waals surface area contributed by atoms with Gasteiger partial charge in [0.2, 0.25) is 5.91 Å². The van der Waals surface area contributed by atoms with Crippen molar-refractivity contribution in [2.24, 2.45) is 5.73 Å². The van der Waals surface area contributed by atoms with Crippen LogP contribution in [-0.2, 0) is 15.1 Å². The predicted octanol–water partition coefficient (Wildman–Crippen LogP) is 2.79. The smallest absolute Gasteiger partial charge is 0.244 e. The normalized spacial score (nSPS) is 24.7. The molecule has 2 fully saturated rings. The average Bonchev–Trinajstić information content (AvgIpc) is 2.66. The van der Waals surface area contributed by atoms with E-state index in [1.165, 1.54) is 19.3 Å². The van der Waals surface area contributed by atoms with Gasteiger partial charge < -0.3 is 15.8 Å². The number of benzene rings is 1. The van der Waals surface area contributed by atoms with Crippen LogP contribution in [0.4, 0.5) is 0 Å². The molecule has 1 saturated heterocycles. The Morgan fingerprint density at radius 1 is 1.22 bits per heavy atom. The van der Waals surface area contributed by atoms with Gasteiger partial charge in [0.1, 0.15) is 5.54 Å². The molecule has 1 unspecified atom stereocenters. The number of nitrogens with zero attached hydrogens (tertiary/aromatic N) is 1. The molecule has 150 valence electrons. The summed E-state index contributed by atoms with van der Waals surface area (Å²) in [6.07, 6.45) is 5.95. The fourth-order valence-corrected chi connectivity index (χ4v) is 4.58. The standard InChI is InChI=1S/C22H35N3O2/c1-20(2)17-25(14-15-27-20)22(12-8-5-9-13-22)16-24-19(26)21(3,23)18-10-6-4-7-11-18/h4,6-7,10-11H,5,8-9,12-17,23H2,1-3H3,(H,24,26). The molecule has 1 amide bonds. The first-order valence-corrected chi connectivity index (χ1v) is 10.3. The highest BCUT2D eigenvalue weighted by molar-refractivity contribution is 5.87. The molecule has 1 heterocycles. The molecule has 0 radical (unpaired) electrons. The molecule has 1 aliphatic heterocycles. The van der Waals surface area contributed by atoms with Crippen molar-refractivity contribution in [3.8, 4) is 0 Å². The quantitative estimate of drug-likeness (QED) is 0.833. The van der Waals surface area contributed by atoms with Gasteiger partial charge in [-0.15, -0.1) is 0 Å². The van der Waals surface area contributed by atoms with Crippen LogP contribution >= 0.6 is 0 Å². The molecular formula is C22H35N3O2. The van der Waals surface area contributed by atoms with Crippen LogP contribution in [-0.4, -0.2) is 48.2 Å². The molecule has 5 nitrogen and oxygen atoms in total. The van der Waals surface area contributed by atoms with E-state index in [4.69, 9.17) is 10.5 Å². The van der Waals surface area contributed by atoms with Crippen LogP contribution in [0.3, 0.4) is 0 Å². The van der Waals surface area contributed by atoms with Gasteiger partial charge in [-0.25, -0.2) is 0 Å². The summed E-state index contributed by atoms with van der Waals surface area (Å²) < 4.78 is 5.92. The second-order valence-corrected chi connectivity index (χ2v) is 9.07. The van der Waals surface area contributed by atoms with E-state index in [-0.39, 0.29) is 17.0 Å². The second-order valence-electron chi connectivity index (χ2n) is 9.07. The maximum absolute atomic E-state index is 13.0. The molecule has 3 rings (SSSR count). The van der Waals surface area contributed by atoms with E-state index in [0.29, 0.717) is 6.54 Å². The Bertz CT molecular complexity index is 636. The number of morpholine rings is 1. The fourth-order valence-electron chi connectivity index (χ4n) is 4.58. The van der Waals surface area contributed by atoms with Gasteiger partial charge in [0.25, 0.3) is 0 Å². The number of nitrogens with one attached hydrogen (secondary N) is 1. The molecule has 0 aromatic heterocycles. The lowest BCUT2D eigenvalue weighted by molar-refractivity contribution is -0.132. The van der Waals surface area contributed by atoms with E-state index in [0.717, 1.165) is 38.1 Å². The van der Waals surface area contributed by atoms with E-state index in [9.17, 15) is 4.79 Å². The Kier molecular flexibility index (Phi) is 5.94. The Labute approximate surface area is 163 Å². The highest BCUT2D eigenvalue weighted by Crippen LogP contribution is 2.36. The number of rotatable bonds is 5. The van der Waals surface area contributed by atoms with Gasteiger partial charge in [-0.05, 0) is 39.2 Å². The van der Waals surface area contributed by atoms with Crippen LogP contribution < -0.4 is 11.1 Å². The lowest BCUT2D eigenvalue weighted by Crippen LogP contribution is -2.64. The molecule has 3 N–H and O–H groups in total. The lowest BCUT2D eigenvalue weighted by atomic mass is 9.78. The number of hydrogen-bond acceptors (Lipinski definition) is 4. The van der Waals surface area contributed by atoms with Crippen LogP contribution in [0.2, 0.25) is 0 Å². The third kappa shape index (κ3) is 4.53. The molecule has 1 aliphatic carbocycles. The SMILES string of the molecule is CC1(C)CN(C2(CNC(=O)C(C)(N)c3ccccc3)CCCCC2)CCO1. The van der Waals surface area contributed by atoms with Gasteiger partial charge in [-0.2, -0.15) is 0 Å². The van der Waals surface area contributed by atoms with Gasteiger partial charge in [-0.1, -0.05) is 49.6 Å². The zero-order valence-electron chi connectivity index (χ0n) is 17.1. The number of carbonyl (C=O) groups excluding carboxylic acids is 1. The van der Waals surface area contributed by atoms with Crippen molar-refractivity contribution in [2.75, 3.05) is 26.2 Å². The van der Waals surface area contributed by atoms with E-state index in [1.807, 2.05) is 30.3 Å². The highest BCUT2D eigenvalue weighted by atomic mass is 16.5. The zero-order chi connectivity index (χ0) is 19.5. The molecule has 1 aromatic carbocycles. The monoisotopic (exact) mass is 373 g/mol. The Morgan fingerprint density at radius 2 is 1.89 bits per heavy atom. The van der Waals surface area contributed by atoms with Crippen molar-refractivity contribution in [2.45, 2.75) is 69.6 Å². The van der Waals surface area contributed by atoms with Crippen molar-refractivity contribution < 1.29 is 9.53 Å². The fraction of sp³-hybridized carbons (Fsp3) is 0.682. The van der Waals surface area contributed by atoms with Crippen molar-refractivity contribution in [1.29, 1.82) is 0 Å². The Morgan fingerprint density at radius 3 is 2.52 bits per heavy atom. The second kappa shape index (κ2) is 7.90. The molecule has 0 spiro atoms. The number of amides is 1. The van der Waals surface area contributed by atoms with Gasteiger partial charge in [-0.3, -0.25) is 9.69 Å². The van der Waals surface area contributed by atoms with Crippen molar-refractivity contribution in [3.05, 3.63) is 35.9 Å². The number of carbonyl (C=O) groups is 1. The Hall–Kier alpha value is -1.43. The van der Waals surface area contributed by atoms with E-state index >= 15 is 0 Å². The largest absolute Gasteiger partial charge is 0.373 e. The van der Waals surface area contributed by atoms with Gasteiger partial charge in [0.05, 0.1) is 12.2 Å². The minimum Gasteiger partial charge on any atom is -0.373 e. The van der Waals surface area contributed by atoms with Crippen LogP contribution in [0.1, 0.15) is 58.4 Å². The molecule has 2 aliphatic rings. The first-order chi connectivity index (χ1) is 12.8. The zero-order valence-corrected chi connectivity index (χ0v) is 17.1. The molecular weight excluding hydrogens is 338 g/mol. The highest BCUT2D eigenvalue weighted by Gasteiger charge is 2.43. The molecule has 27 heavy (non-hydrogen) atoms. The summed E-state index contributed by atoms with van der Waals surface area (Å²) >= 11 is 0. The number of ether oxygens (including phenoxy) is 1. The topological polar surface area (TPSA) is 67.6 Å². The molecule has 0 bridgehead atoms. The maximum atomic E-state index is 13.0. The summed E-state index contributed by atoms with van der Waals surface area (Å²) in [4.78, 5) is 15.5. The van der Waals surface area contributed by atoms with Crippen molar-refractivity contribution >= 4 is 5.91 Å². The minimum absolute atomic E-state index is 0.0156. The van der Waals surface area contributed by atoms with E-state index in [1.54, 1.807) is 6.92 Å². The minimum atomic E-state index is -1.03. The third-order valence-corrected chi connectivity index (χ3v) is 6.30. The number of nitrogens with two attached hydrogens (primary N) is 1. The Balaban J connectivity index is 1.72. The first-order valence-electron chi connectivity index (χ1n) is 10.3. The average molecular weight is 374 g/mol. The van der Waals surface area contributed by atoms with E-state index in [2.05, 4.69) is 24.1 Å². The third-order valence-electron chi connectivity index (χ3n) is 6.30. The predicted molar refractivity (Wildman–Crippen MR) is 108 cm³/mol. The molecule has 1 aromatic rings. The van der Waals surface area contributed by atoms with Crippen molar-refractivity contribution in [3.63, 3.8) is 0 Å².